The number of amides is 1. The largest absolute Gasteiger partial charge is 0.350 e. The Morgan fingerprint density at radius 1 is 1.19 bits per heavy atom. The zero-order valence-corrected chi connectivity index (χ0v) is 20.7. The van der Waals surface area contributed by atoms with Crippen LogP contribution in [0.1, 0.15) is 58.1 Å². The summed E-state index contributed by atoms with van der Waals surface area (Å²) in [4.78, 5) is 13.1. The summed E-state index contributed by atoms with van der Waals surface area (Å²) in [7, 11) is -6.76. The highest BCUT2D eigenvalue weighted by Gasteiger charge is 2.41. The van der Waals surface area contributed by atoms with Crippen LogP contribution in [0.4, 0.5) is 0 Å². The number of hydrogen-bond donors (Lipinski definition) is 1. The molecule has 2 fully saturated rings. The van der Waals surface area contributed by atoms with Crippen LogP contribution in [0.3, 0.4) is 0 Å². The fourth-order valence-electron chi connectivity index (χ4n) is 4.35. The monoisotopic (exact) mass is 470 g/mol. The van der Waals surface area contributed by atoms with E-state index in [0.29, 0.717) is 29.7 Å². The maximum atomic E-state index is 13.3. The summed E-state index contributed by atoms with van der Waals surface area (Å²) in [6.07, 6.45) is 1.26. The third-order valence-electron chi connectivity index (χ3n) is 6.43. The quantitative estimate of drug-likeness (QED) is 0.728. The number of benzene rings is 1. The molecule has 2 saturated heterocycles. The molecule has 1 aromatic rings. The topological polar surface area (TPSA) is 101 Å². The molecule has 0 bridgehead atoms. The van der Waals surface area contributed by atoms with Crippen molar-refractivity contribution in [1.29, 1.82) is 0 Å². The lowest BCUT2D eigenvalue weighted by Gasteiger charge is -2.33. The molecule has 2 heterocycles. The lowest BCUT2D eigenvalue weighted by atomic mass is 9.87. The molecule has 0 radical (unpaired) electrons. The van der Waals surface area contributed by atoms with E-state index in [1.54, 1.807) is 19.9 Å². The molecule has 7 nitrogen and oxygen atoms in total. The Balaban J connectivity index is 1.68. The van der Waals surface area contributed by atoms with Gasteiger partial charge in [0.05, 0.1) is 21.9 Å². The van der Waals surface area contributed by atoms with Crippen LogP contribution in [-0.2, 0) is 30.1 Å². The summed E-state index contributed by atoms with van der Waals surface area (Å²) >= 11 is 0. The molecule has 1 aromatic carbocycles. The number of nitrogens with one attached hydrogen (secondary N) is 1. The van der Waals surface area contributed by atoms with Gasteiger partial charge in [-0.15, -0.1) is 0 Å². The zero-order chi connectivity index (χ0) is 23.2. The van der Waals surface area contributed by atoms with E-state index in [1.807, 2.05) is 32.9 Å². The highest BCUT2D eigenvalue weighted by Crippen LogP contribution is 2.31. The average Bonchev–Trinajstić information content (AvgIpc) is 2.93. The molecule has 3 rings (SSSR count). The highest BCUT2D eigenvalue weighted by atomic mass is 32.2. The molecular formula is C22H34N2O5S2. The molecule has 0 aromatic heterocycles. The van der Waals surface area contributed by atoms with Crippen LogP contribution < -0.4 is 5.32 Å². The Bertz CT molecular complexity index is 1070. The van der Waals surface area contributed by atoms with Gasteiger partial charge in [-0.25, -0.2) is 16.8 Å². The third kappa shape index (κ3) is 5.31. The number of rotatable bonds is 4. The SMILES string of the molecule is Cc1ccc(C(C)(C)C)cc1S(=O)(=O)N1CCC(C(=O)N[C@@]2(C)CCS(=O)(=O)C2)CC1. The minimum absolute atomic E-state index is 0.0393. The molecule has 31 heavy (non-hydrogen) atoms. The molecule has 9 heteroatoms. The average molecular weight is 471 g/mol. The lowest BCUT2D eigenvalue weighted by Crippen LogP contribution is -2.51. The van der Waals surface area contributed by atoms with Crippen LogP contribution in [0, 0.1) is 12.8 Å². The van der Waals surface area contributed by atoms with Crippen molar-refractivity contribution >= 4 is 25.8 Å². The molecule has 0 unspecified atom stereocenters. The number of carbonyl (C=O) groups excluding carboxylic acids is 1. The van der Waals surface area contributed by atoms with Gasteiger partial charge in [-0.05, 0) is 55.7 Å². The molecule has 0 saturated carbocycles. The molecule has 1 atom stereocenters. The minimum Gasteiger partial charge on any atom is -0.350 e. The molecule has 1 N–H and O–H groups in total. The lowest BCUT2D eigenvalue weighted by molar-refractivity contribution is -0.127. The van der Waals surface area contributed by atoms with Gasteiger partial charge < -0.3 is 5.32 Å². The fourth-order valence-corrected chi connectivity index (χ4v) is 8.16. The number of sulfone groups is 1. The predicted octanol–water partition coefficient (Wildman–Crippen LogP) is 2.39. The third-order valence-corrected chi connectivity index (χ3v) is 10.4. The Morgan fingerprint density at radius 2 is 1.81 bits per heavy atom. The summed E-state index contributed by atoms with van der Waals surface area (Å²) in [5, 5.41) is 2.91. The van der Waals surface area contributed by atoms with E-state index in [0.717, 1.165) is 5.56 Å². The number of nitrogens with zero attached hydrogens (tertiary/aromatic N) is 1. The van der Waals surface area contributed by atoms with Gasteiger partial charge in [0.25, 0.3) is 0 Å². The smallest absolute Gasteiger partial charge is 0.243 e. The van der Waals surface area contributed by atoms with Crippen LogP contribution in [0.15, 0.2) is 23.1 Å². The molecule has 174 valence electrons. The van der Waals surface area contributed by atoms with Crippen LogP contribution >= 0.6 is 0 Å². The standard InChI is InChI=1S/C22H34N2O5S2/c1-16-6-7-18(21(2,3)4)14-19(16)31(28,29)24-11-8-17(9-12-24)20(25)23-22(5)10-13-30(26,27)15-22/h6-7,14,17H,8-13,15H2,1-5H3,(H,23,25)/t22-/m0/s1. The van der Waals surface area contributed by atoms with Gasteiger partial charge in [0.15, 0.2) is 9.84 Å². The Morgan fingerprint density at radius 3 is 2.32 bits per heavy atom. The van der Waals surface area contributed by atoms with E-state index >= 15 is 0 Å². The molecule has 0 spiro atoms. The number of hydrogen-bond acceptors (Lipinski definition) is 5. The molecular weight excluding hydrogens is 436 g/mol. The molecule has 0 aliphatic carbocycles. The first-order valence-corrected chi connectivity index (χ1v) is 14.0. The first-order valence-electron chi connectivity index (χ1n) is 10.8. The molecule has 1 amide bonds. The van der Waals surface area contributed by atoms with E-state index in [1.165, 1.54) is 4.31 Å². The number of carbonyl (C=O) groups is 1. The number of aryl methyl sites for hydroxylation is 1. The van der Waals surface area contributed by atoms with Gasteiger partial charge in [0, 0.05) is 19.0 Å². The first kappa shape index (κ1) is 24.2. The van der Waals surface area contributed by atoms with E-state index < -0.39 is 25.4 Å². The minimum atomic E-state index is -3.65. The van der Waals surface area contributed by atoms with E-state index in [-0.39, 0.29) is 41.8 Å². The normalized spacial score (nSPS) is 25.5. The van der Waals surface area contributed by atoms with Crippen LogP contribution in [0.2, 0.25) is 0 Å². The molecule has 2 aliphatic heterocycles. The Hall–Kier alpha value is -1.45. The van der Waals surface area contributed by atoms with Crippen LogP contribution in [0.5, 0.6) is 0 Å². The summed E-state index contributed by atoms with van der Waals surface area (Å²) in [6.45, 7) is 10.3. The predicted molar refractivity (Wildman–Crippen MR) is 121 cm³/mol. The maximum Gasteiger partial charge on any atom is 0.243 e. The first-order chi connectivity index (χ1) is 14.1. The second-order valence-electron chi connectivity index (χ2n) is 10.3. The van der Waals surface area contributed by atoms with Crippen molar-refractivity contribution in [3.8, 4) is 0 Å². The summed E-state index contributed by atoms with van der Waals surface area (Å²) in [5.74, 6) is -0.438. The van der Waals surface area contributed by atoms with Gasteiger partial charge in [0.2, 0.25) is 15.9 Å². The van der Waals surface area contributed by atoms with Crippen LogP contribution in [-0.4, -0.2) is 57.2 Å². The van der Waals surface area contributed by atoms with E-state index in [2.05, 4.69) is 5.32 Å². The van der Waals surface area contributed by atoms with E-state index in [9.17, 15) is 21.6 Å². The second kappa shape index (κ2) is 8.15. The fraction of sp³-hybridized carbons (Fsp3) is 0.682. The van der Waals surface area contributed by atoms with Gasteiger partial charge >= 0.3 is 0 Å². The van der Waals surface area contributed by atoms with Gasteiger partial charge in [-0.1, -0.05) is 32.9 Å². The second-order valence-corrected chi connectivity index (χ2v) is 14.4. The summed E-state index contributed by atoms with van der Waals surface area (Å²) < 4.78 is 51.7. The van der Waals surface area contributed by atoms with Gasteiger partial charge in [-0.2, -0.15) is 4.31 Å². The van der Waals surface area contributed by atoms with Crippen molar-refractivity contribution in [2.45, 2.75) is 69.7 Å². The summed E-state index contributed by atoms with van der Waals surface area (Å²) in [5.41, 5.74) is 0.783. The van der Waals surface area contributed by atoms with Crippen molar-refractivity contribution in [3.05, 3.63) is 29.3 Å². The number of sulfonamides is 1. The van der Waals surface area contributed by atoms with Crippen molar-refractivity contribution in [2.75, 3.05) is 24.6 Å². The van der Waals surface area contributed by atoms with Gasteiger partial charge in [-0.3, -0.25) is 4.79 Å². The Labute approximate surface area is 186 Å². The van der Waals surface area contributed by atoms with Crippen molar-refractivity contribution in [2.24, 2.45) is 5.92 Å². The molecule has 2 aliphatic rings. The zero-order valence-electron chi connectivity index (χ0n) is 19.1. The maximum absolute atomic E-state index is 13.3. The van der Waals surface area contributed by atoms with Gasteiger partial charge in [0.1, 0.15) is 0 Å². The van der Waals surface area contributed by atoms with Crippen molar-refractivity contribution < 1.29 is 21.6 Å². The van der Waals surface area contributed by atoms with Crippen molar-refractivity contribution in [3.63, 3.8) is 0 Å². The van der Waals surface area contributed by atoms with E-state index in [4.69, 9.17) is 0 Å². The number of piperidine rings is 1. The summed E-state index contributed by atoms with van der Waals surface area (Å²) in [6, 6.07) is 5.59. The Kier molecular flexibility index (Phi) is 6.37. The van der Waals surface area contributed by atoms with Crippen LogP contribution in [0.25, 0.3) is 0 Å². The van der Waals surface area contributed by atoms with Crippen molar-refractivity contribution in [1.82, 2.24) is 9.62 Å². The highest BCUT2D eigenvalue weighted by molar-refractivity contribution is 7.91.